The van der Waals surface area contributed by atoms with Crippen LogP contribution in [0.4, 0.5) is 0 Å². The van der Waals surface area contributed by atoms with E-state index in [0.717, 1.165) is 37.1 Å². The lowest BCUT2D eigenvalue weighted by molar-refractivity contribution is 0.0902. The molecule has 1 heterocycles. The van der Waals surface area contributed by atoms with Crippen molar-refractivity contribution in [3.63, 3.8) is 0 Å². The number of aromatic nitrogens is 2. The Bertz CT molecular complexity index is 538. The molecule has 0 amide bonds. The quantitative estimate of drug-likeness (QED) is 0.897. The molecule has 1 aromatic carbocycles. The average Bonchev–Trinajstić information content (AvgIpc) is 2.96. The summed E-state index contributed by atoms with van der Waals surface area (Å²) in [4.78, 5) is 0. The highest BCUT2D eigenvalue weighted by Crippen LogP contribution is 2.18. The van der Waals surface area contributed by atoms with Crippen molar-refractivity contribution in [1.82, 2.24) is 15.1 Å². The van der Waals surface area contributed by atoms with E-state index in [9.17, 15) is 5.11 Å². The van der Waals surface area contributed by atoms with Gasteiger partial charge in [-0.1, -0.05) is 31.0 Å². The molecule has 1 saturated carbocycles. The third-order valence-electron chi connectivity index (χ3n) is 3.95. The van der Waals surface area contributed by atoms with E-state index in [0.29, 0.717) is 0 Å². The number of benzene rings is 1. The number of hydrogen-bond donors (Lipinski definition) is 2. The Hall–Kier alpha value is -1.65. The van der Waals surface area contributed by atoms with Crippen molar-refractivity contribution in [1.29, 1.82) is 0 Å². The van der Waals surface area contributed by atoms with Gasteiger partial charge in [-0.2, -0.15) is 5.10 Å². The predicted octanol–water partition coefficient (Wildman–Crippen LogP) is 2.27. The minimum absolute atomic E-state index is 0.201. The average molecular weight is 271 g/mol. The van der Waals surface area contributed by atoms with Crippen LogP contribution in [0, 0.1) is 0 Å². The van der Waals surface area contributed by atoms with Crippen molar-refractivity contribution in [3.8, 4) is 5.69 Å². The summed E-state index contributed by atoms with van der Waals surface area (Å²) in [5.74, 6) is 0. The maximum Gasteiger partial charge on any atom is 0.0693 e. The summed E-state index contributed by atoms with van der Waals surface area (Å²) in [6.45, 7) is 0.758. The van der Waals surface area contributed by atoms with Crippen LogP contribution in [-0.4, -0.2) is 27.0 Å². The van der Waals surface area contributed by atoms with Crippen LogP contribution in [0.3, 0.4) is 0 Å². The fourth-order valence-electron chi connectivity index (χ4n) is 2.77. The first-order valence-electron chi connectivity index (χ1n) is 7.33. The Balaban J connectivity index is 1.60. The molecule has 2 unspecified atom stereocenters. The van der Waals surface area contributed by atoms with E-state index in [2.05, 4.69) is 10.4 Å². The van der Waals surface area contributed by atoms with Gasteiger partial charge in [-0.3, -0.25) is 0 Å². The summed E-state index contributed by atoms with van der Waals surface area (Å²) >= 11 is 0. The molecule has 0 spiro atoms. The van der Waals surface area contributed by atoms with Gasteiger partial charge in [-0.25, -0.2) is 4.68 Å². The maximum atomic E-state index is 9.95. The lowest BCUT2D eigenvalue weighted by Crippen LogP contribution is -2.41. The molecule has 0 aliphatic heterocycles. The SMILES string of the molecule is OC1CCCCC1NCc1cnn(-c2ccccc2)c1. The monoisotopic (exact) mass is 271 g/mol. The maximum absolute atomic E-state index is 9.95. The molecule has 0 saturated heterocycles. The molecule has 2 atom stereocenters. The van der Waals surface area contributed by atoms with Crippen LogP contribution >= 0.6 is 0 Å². The van der Waals surface area contributed by atoms with Crippen molar-refractivity contribution >= 4 is 0 Å². The second-order valence-corrected chi connectivity index (χ2v) is 5.47. The van der Waals surface area contributed by atoms with Crippen LogP contribution in [0.2, 0.25) is 0 Å². The van der Waals surface area contributed by atoms with E-state index in [1.54, 1.807) is 0 Å². The Morgan fingerprint density at radius 1 is 1.20 bits per heavy atom. The van der Waals surface area contributed by atoms with Gasteiger partial charge < -0.3 is 10.4 Å². The normalized spacial score (nSPS) is 22.9. The number of aliphatic hydroxyl groups excluding tert-OH is 1. The molecule has 0 radical (unpaired) electrons. The second kappa shape index (κ2) is 6.20. The Morgan fingerprint density at radius 2 is 2.00 bits per heavy atom. The Labute approximate surface area is 119 Å². The molecule has 0 bridgehead atoms. The van der Waals surface area contributed by atoms with Crippen molar-refractivity contribution in [3.05, 3.63) is 48.3 Å². The predicted molar refractivity (Wildman–Crippen MR) is 78.7 cm³/mol. The zero-order valence-electron chi connectivity index (χ0n) is 11.6. The number of nitrogens with zero attached hydrogens (tertiary/aromatic N) is 2. The largest absolute Gasteiger partial charge is 0.392 e. The van der Waals surface area contributed by atoms with Gasteiger partial charge in [-0.15, -0.1) is 0 Å². The number of rotatable bonds is 4. The molecule has 1 aliphatic rings. The van der Waals surface area contributed by atoms with Crippen LogP contribution in [-0.2, 0) is 6.54 Å². The highest BCUT2D eigenvalue weighted by Gasteiger charge is 2.22. The van der Waals surface area contributed by atoms with Crippen molar-refractivity contribution in [2.24, 2.45) is 0 Å². The van der Waals surface area contributed by atoms with E-state index in [4.69, 9.17) is 0 Å². The molecule has 1 aliphatic carbocycles. The third-order valence-corrected chi connectivity index (χ3v) is 3.95. The van der Waals surface area contributed by atoms with Gasteiger partial charge in [0.1, 0.15) is 0 Å². The fraction of sp³-hybridized carbons (Fsp3) is 0.438. The molecule has 3 rings (SSSR count). The van der Waals surface area contributed by atoms with Crippen molar-refractivity contribution in [2.75, 3.05) is 0 Å². The smallest absolute Gasteiger partial charge is 0.0693 e. The summed E-state index contributed by atoms with van der Waals surface area (Å²) in [5, 5.41) is 17.8. The van der Waals surface area contributed by atoms with Gasteiger partial charge in [0.25, 0.3) is 0 Å². The topological polar surface area (TPSA) is 50.1 Å². The van der Waals surface area contributed by atoms with Crippen molar-refractivity contribution < 1.29 is 5.11 Å². The molecule has 1 fully saturated rings. The molecular formula is C16H21N3O. The fourth-order valence-corrected chi connectivity index (χ4v) is 2.77. The number of aliphatic hydroxyl groups is 1. The van der Waals surface area contributed by atoms with Gasteiger partial charge in [0.15, 0.2) is 0 Å². The van der Waals surface area contributed by atoms with Gasteiger partial charge >= 0.3 is 0 Å². The van der Waals surface area contributed by atoms with Crippen LogP contribution in [0.5, 0.6) is 0 Å². The van der Waals surface area contributed by atoms with Gasteiger partial charge in [0.05, 0.1) is 18.0 Å². The molecule has 4 nitrogen and oxygen atoms in total. The zero-order valence-corrected chi connectivity index (χ0v) is 11.6. The third kappa shape index (κ3) is 3.08. The van der Waals surface area contributed by atoms with E-state index in [1.165, 1.54) is 6.42 Å². The summed E-state index contributed by atoms with van der Waals surface area (Å²) in [7, 11) is 0. The number of hydrogen-bond acceptors (Lipinski definition) is 3. The molecule has 106 valence electrons. The van der Waals surface area contributed by atoms with E-state index in [1.807, 2.05) is 47.4 Å². The minimum Gasteiger partial charge on any atom is -0.392 e. The summed E-state index contributed by atoms with van der Waals surface area (Å²) in [6.07, 6.45) is 8.05. The number of nitrogens with one attached hydrogen (secondary N) is 1. The van der Waals surface area contributed by atoms with E-state index in [-0.39, 0.29) is 12.1 Å². The first kappa shape index (κ1) is 13.3. The second-order valence-electron chi connectivity index (χ2n) is 5.47. The zero-order chi connectivity index (χ0) is 13.8. The van der Waals surface area contributed by atoms with Crippen LogP contribution in [0.25, 0.3) is 5.69 Å². The molecular weight excluding hydrogens is 250 g/mol. The highest BCUT2D eigenvalue weighted by molar-refractivity contribution is 5.30. The lowest BCUT2D eigenvalue weighted by atomic mass is 9.92. The molecule has 1 aromatic heterocycles. The van der Waals surface area contributed by atoms with Gasteiger partial charge in [0.2, 0.25) is 0 Å². The summed E-state index contributed by atoms with van der Waals surface area (Å²) in [5.41, 5.74) is 2.21. The number of para-hydroxylation sites is 1. The molecule has 2 N–H and O–H groups in total. The van der Waals surface area contributed by atoms with Crippen LogP contribution in [0.15, 0.2) is 42.7 Å². The highest BCUT2D eigenvalue weighted by atomic mass is 16.3. The van der Waals surface area contributed by atoms with E-state index < -0.39 is 0 Å². The van der Waals surface area contributed by atoms with Gasteiger partial charge in [0, 0.05) is 24.3 Å². The minimum atomic E-state index is -0.201. The van der Waals surface area contributed by atoms with Crippen LogP contribution < -0.4 is 5.32 Å². The first-order chi connectivity index (χ1) is 9.83. The van der Waals surface area contributed by atoms with Crippen molar-refractivity contribution in [2.45, 2.75) is 44.4 Å². The summed E-state index contributed by atoms with van der Waals surface area (Å²) in [6, 6.07) is 10.3. The van der Waals surface area contributed by atoms with Crippen LogP contribution in [0.1, 0.15) is 31.2 Å². The van der Waals surface area contributed by atoms with Gasteiger partial charge in [-0.05, 0) is 25.0 Å². The van der Waals surface area contributed by atoms with E-state index >= 15 is 0 Å². The molecule has 2 aromatic rings. The lowest BCUT2D eigenvalue weighted by Gasteiger charge is -2.28. The molecule has 4 heteroatoms. The summed E-state index contributed by atoms with van der Waals surface area (Å²) < 4.78 is 1.88. The standard InChI is InChI=1S/C16H21N3O/c20-16-9-5-4-8-15(16)17-10-13-11-18-19(12-13)14-6-2-1-3-7-14/h1-3,6-7,11-12,15-17,20H,4-5,8-10H2. The molecule has 20 heavy (non-hydrogen) atoms. The Morgan fingerprint density at radius 3 is 2.80 bits per heavy atom. The Kier molecular flexibility index (Phi) is 4.14. The first-order valence-corrected chi connectivity index (χ1v) is 7.33.